The van der Waals surface area contributed by atoms with Crippen molar-refractivity contribution in [3.63, 3.8) is 0 Å². The number of rotatable bonds is 6. The molecular formula is C13H12BrN2NaO3S2. The molecule has 1 atom stereocenters. The molecule has 9 heteroatoms. The van der Waals surface area contributed by atoms with Crippen LogP contribution in [0.3, 0.4) is 0 Å². The monoisotopic (exact) mass is 410 g/mol. The van der Waals surface area contributed by atoms with E-state index >= 15 is 0 Å². The van der Waals surface area contributed by atoms with Crippen molar-refractivity contribution in [3.8, 4) is 9.88 Å². The Morgan fingerprint density at radius 2 is 2.14 bits per heavy atom. The molecule has 112 valence electrons. The minimum absolute atomic E-state index is 0. The van der Waals surface area contributed by atoms with Gasteiger partial charge in [0.1, 0.15) is 5.01 Å². The summed E-state index contributed by atoms with van der Waals surface area (Å²) in [6, 6.07) is 1.98. The number of carbonyl (C=O) groups is 2. The van der Waals surface area contributed by atoms with Gasteiger partial charge in [0.25, 0.3) is 0 Å². The van der Waals surface area contributed by atoms with Gasteiger partial charge in [0.05, 0.1) is 17.0 Å². The van der Waals surface area contributed by atoms with Gasteiger partial charge in [0.2, 0.25) is 5.91 Å². The first-order valence-corrected chi connectivity index (χ1v) is 8.67. The van der Waals surface area contributed by atoms with Gasteiger partial charge in [-0.2, -0.15) is 0 Å². The Balaban J connectivity index is 0.00000242. The fourth-order valence-electron chi connectivity index (χ4n) is 1.50. The number of carboxylic acids is 1. The minimum atomic E-state index is -1.17. The van der Waals surface area contributed by atoms with Crippen molar-refractivity contribution in [1.82, 2.24) is 10.3 Å². The zero-order valence-electron chi connectivity index (χ0n) is 12.1. The molecule has 1 amide bonds. The van der Waals surface area contributed by atoms with Crippen LogP contribution in [0.1, 0.15) is 12.6 Å². The Kier molecular flexibility index (Phi) is 8.23. The van der Waals surface area contributed by atoms with Gasteiger partial charge in [-0.1, -0.05) is 6.92 Å². The molecule has 0 saturated carbocycles. The summed E-state index contributed by atoms with van der Waals surface area (Å²) in [5.74, 6) is -2.12. The summed E-state index contributed by atoms with van der Waals surface area (Å²) < 4.78 is 1.01. The topological polar surface area (TPSA) is 82.1 Å². The molecule has 0 aliphatic carbocycles. The van der Waals surface area contributed by atoms with Gasteiger partial charge in [-0.25, -0.2) is 4.98 Å². The standard InChI is InChI=1S/C13H13BrN2O3S2.Na/c1-7(13(18)19)4-15-11(17)3-9-6-21-12(16-9)10-2-8(14)5-20-10;/h2,5-7H,3-4H2,1H3,(H,15,17)(H,18,19);/q;+1/p-1/t7-;/m0./s1. The average Bonchev–Trinajstić information content (AvgIpc) is 3.04. The number of thiazole rings is 1. The molecule has 0 spiro atoms. The number of hydrogen-bond donors (Lipinski definition) is 1. The number of aliphatic carboxylic acids is 1. The Hall–Kier alpha value is -0.250. The Morgan fingerprint density at radius 1 is 1.41 bits per heavy atom. The summed E-state index contributed by atoms with van der Waals surface area (Å²) in [5.41, 5.74) is 0.679. The van der Waals surface area contributed by atoms with Crippen LogP contribution in [0.15, 0.2) is 21.3 Å². The molecule has 2 rings (SSSR count). The number of aromatic nitrogens is 1. The van der Waals surface area contributed by atoms with E-state index in [1.54, 1.807) is 11.3 Å². The molecule has 0 fully saturated rings. The van der Waals surface area contributed by atoms with Crippen LogP contribution in [0.5, 0.6) is 0 Å². The maximum atomic E-state index is 11.7. The van der Waals surface area contributed by atoms with E-state index in [-0.39, 0.29) is 48.4 Å². The quantitative estimate of drug-likeness (QED) is 0.599. The van der Waals surface area contributed by atoms with E-state index in [0.717, 1.165) is 14.4 Å². The maximum absolute atomic E-state index is 11.7. The molecule has 0 saturated heterocycles. The second-order valence-corrected chi connectivity index (χ2v) is 7.16. The van der Waals surface area contributed by atoms with Gasteiger partial charge >= 0.3 is 29.6 Å². The van der Waals surface area contributed by atoms with Crippen LogP contribution in [-0.4, -0.2) is 23.4 Å². The molecule has 5 nitrogen and oxygen atoms in total. The third-order valence-corrected chi connectivity index (χ3v) is 5.43. The predicted octanol–water partition coefficient (Wildman–Crippen LogP) is -1.32. The summed E-state index contributed by atoms with van der Waals surface area (Å²) in [6.07, 6.45) is 0.142. The predicted molar refractivity (Wildman–Crippen MR) is 84.0 cm³/mol. The van der Waals surface area contributed by atoms with Crippen molar-refractivity contribution in [2.45, 2.75) is 13.3 Å². The summed E-state index contributed by atoms with van der Waals surface area (Å²) in [7, 11) is 0. The smallest absolute Gasteiger partial charge is 0.550 e. The minimum Gasteiger partial charge on any atom is -0.550 e. The normalized spacial score (nSPS) is 11.5. The van der Waals surface area contributed by atoms with E-state index in [1.165, 1.54) is 18.3 Å². The number of nitrogens with one attached hydrogen (secondary N) is 1. The molecule has 0 bridgehead atoms. The molecule has 2 heterocycles. The largest absolute Gasteiger partial charge is 1.00 e. The molecule has 2 aromatic rings. The molecule has 22 heavy (non-hydrogen) atoms. The second kappa shape index (κ2) is 9.14. The molecule has 2 aromatic heterocycles. The number of amides is 1. The van der Waals surface area contributed by atoms with E-state index in [4.69, 9.17) is 0 Å². The molecule has 0 unspecified atom stereocenters. The van der Waals surface area contributed by atoms with Gasteiger partial charge < -0.3 is 15.2 Å². The van der Waals surface area contributed by atoms with Crippen LogP contribution in [0.2, 0.25) is 0 Å². The maximum Gasteiger partial charge on any atom is 1.00 e. The molecule has 0 radical (unpaired) electrons. The zero-order valence-corrected chi connectivity index (χ0v) is 17.3. The van der Waals surface area contributed by atoms with Crippen LogP contribution < -0.4 is 40.0 Å². The van der Waals surface area contributed by atoms with Crippen LogP contribution in [0.25, 0.3) is 9.88 Å². The Bertz CT molecular complexity index is 659. The number of hydrogen-bond acceptors (Lipinski definition) is 6. The van der Waals surface area contributed by atoms with Crippen molar-refractivity contribution >= 4 is 50.5 Å². The van der Waals surface area contributed by atoms with Crippen LogP contribution in [0.4, 0.5) is 0 Å². The molecule has 1 N–H and O–H groups in total. The van der Waals surface area contributed by atoms with E-state index in [0.29, 0.717) is 5.69 Å². The number of halogens is 1. The van der Waals surface area contributed by atoms with Crippen molar-refractivity contribution in [2.24, 2.45) is 5.92 Å². The molecule has 0 aliphatic rings. The average molecular weight is 411 g/mol. The van der Waals surface area contributed by atoms with E-state index in [1.807, 2.05) is 16.8 Å². The van der Waals surface area contributed by atoms with Gasteiger partial charge in [0, 0.05) is 33.7 Å². The molecular weight excluding hydrogens is 399 g/mol. The van der Waals surface area contributed by atoms with Crippen molar-refractivity contribution < 1.29 is 44.3 Å². The fourth-order valence-corrected chi connectivity index (χ4v) is 3.83. The van der Waals surface area contributed by atoms with E-state index < -0.39 is 11.9 Å². The zero-order chi connectivity index (χ0) is 15.4. The van der Waals surface area contributed by atoms with Gasteiger partial charge in [-0.05, 0) is 22.0 Å². The van der Waals surface area contributed by atoms with Crippen LogP contribution >= 0.6 is 38.6 Å². The molecule has 0 aromatic carbocycles. The molecule has 0 aliphatic heterocycles. The Morgan fingerprint density at radius 3 is 2.73 bits per heavy atom. The van der Waals surface area contributed by atoms with Gasteiger partial charge in [-0.15, -0.1) is 22.7 Å². The SMILES string of the molecule is C[C@@H](CNC(=O)Cc1csc(-c2cc(Br)cs2)n1)C(=O)[O-].[Na+]. The number of thiophene rings is 1. The van der Waals surface area contributed by atoms with E-state index in [2.05, 4.69) is 26.2 Å². The van der Waals surface area contributed by atoms with Crippen molar-refractivity contribution in [2.75, 3.05) is 6.54 Å². The Labute approximate surface area is 166 Å². The third-order valence-electron chi connectivity index (χ3n) is 2.68. The van der Waals surface area contributed by atoms with Crippen LogP contribution in [-0.2, 0) is 16.0 Å². The summed E-state index contributed by atoms with van der Waals surface area (Å²) in [5, 5.41) is 17.8. The summed E-state index contributed by atoms with van der Waals surface area (Å²) in [4.78, 5) is 27.7. The fraction of sp³-hybridized carbons (Fsp3) is 0.308. The van der Waals surface area contributed by atoms with Gasteiger partial charge in [-0.3, -0.25) is 4.79 Å². The number of carbonyl (C=O) groups excluding carboxylic acids is 2. The first-order valence-electron chi connectivity index (χ1n) is 6.12. The number of nitrogens with zero attached hydrogens (tertiary/aromatic N) is 1. The summed E-state index contributed by atoms with van der Waals surface area (Å²) in [6.45, 7) is 1.56. The second-order valence-electron chi connectivity index (χ2n) is 4.47. The van der Waals surface area contributed by atoms with E-state index in [9.17, 15) is 14.7 Å². The first-order chi connectivity index (χ1) is 9.95. The van der Waals surface area contributed by atoms with Gasteiger partial charge in [0.15, 0.2) is 0 Å². The number of carboxylic acid groups (broad SMARTS) is 1. The third kappa shape index (κ3) is 5.75. The van der Waals surface area contributed by atoms with Crippen LogP contribution in [0, 0.1) is 5.92 Å². The summed E-state index contributed by atoms with van der Waals surface area (Å²) >= 11 is 6.45. The van der Waals surface area contributed by atoms with Crippen molar-refractivity contribution in [3.05, 3.63) is 27.0 Å². The van der Waals surface area contributed by atoms with Crippen molar-refractivity contribution in [1.29, 1.82) is 0 Å². The first kappa shape index (κ1) is 19.8.